The Hall–Kier alpha value is -1.36. The summed E-state index contributed by atoms with van der Waals surface area (Å²) in [6.07, 6.45) is 2.51. The standard InChI is InChI=1S/C16H24N2O2S/c1-4-16(5-2)15(20)18(9-8-14(19)17-16)12(3)11-13-7-6-10-21-13/h6-7,10,12H,4-5,8-9,11H2,1-3H3,(H,17,19). The predicted octanol–water partition coefficient (Wildman–Crippen LogP) is 2.59. The number of hydrogen-bond donors (Lipinski definition) is 1. The molecule has 116 valence electrons. The van der Waals surface area contributed by atoms with Gasteiger partial charge in [0, 0.05) is 30.3 Å². The third-order valence-electron chi connectivity index (χ3n) is 4.44. The molecule has 5 heteroatoms. The van der Waals surface area contributed by atoms with Gasteiger partial charge in [-0.25, -0.2) is 0 Å². The van der Waals surface area contributed by atoms with Crippen LogP contribution in [-0.2, 0) is 16.0 Å². The van der Waals surface area contributed by atoms with Gasteiger partial charge in [0.15, 0.2) is 0 Å². The Kier molecular flexibility index (Phi) is 5.04. The van der Waals surface area contributed by atoms with Gasteiger partial charge in [-0.3, -0.25) is 9.59 Å². The van der Waals surface area contributed by atoms with Crippen LogP contribution in [0.15, 0.2) is 17.5 Å². The van der Waals surface area contributed by atoms with Gasteiger partial charge in [-0.05, 0) is 31.2 Å². The molecule has 0 aliphatic carbocycles. The van der Waals surface area contributed by atoms with Gasteiger partial charge in [-0.1, -0.05) is 19.9 Å². The zero-order chi connectivity index (χ0) is 15.5. The zero-order valence-electron chi connectivity index (χ0n) is 13.0. The summed E-state index contributed by atoms with van der Waals surface area (Å²) >= 11 is 1.71. The molecular weight excluding hydrogens is 284 g/mol. The van der Waals surface area contributed by atoms with Crippen molar-refractivity contribution in [2.24, 2.45) is 0 Å². The van der Waals surface area contributed by atoms with Crippen molar-refractivity contribution in [1.82, 2.24) is 10.2 Å². The smallest absolute Gasteiger partial charge is 0.248 e. The molecule has 0 bridgehead atoms. The summed E-state index contributed by atoms with van der Waals surface area (Å²) in [6.45, 7) is 6.52. The van der Waals surface area contributed by atoms with Crippen LogP contribution >= 0.6 is 11.3 Å². The highest BCUT2D eigenvalue weighted by atomic mass is 32.1. The van der Waals surface area contributed by atoms with E-state index < -0.39 is 5.54 Å². The van der Waals surface area contributed by atoms with E-state index in [1.165, 1.54) is 4.88 Å². The Morgan fingerprint density at radius 2 is 2.10 bits per heavy atom. The van der Waals surface area contributed by atoms with Crippen LogP contribution in [0.3, 0.4) is 0 Å². The first-order valence-electron chi connectivity index (χ1n) is 7.67. The second-order valence-electron chi connectivity index (χ2n) is 5.72. The number of rotatable bonds is 5. The minimum Gasteiger partial charge on any atom is -0.342 e. The lowest BCUT2D eigenvalue weighted by Crippen LogP contribution is -2.58. The molecule has 1 saturated heterocycles. The van der Waals surface area contributed by atoms with Gasteiger partial charge < -0.3 is 10.2 Å². The van der Waals surface area contributed by atoms with Gasteiger partial charge in [-0.15, -0.1) is 11.3 Å². The van der Waals surface area contributed by atoms with Crippen LogP contribution in [-0.4, -0.2) is 34.8 Å². The maximum absolute atomic E-state index is 13.0. The van der Waals surface area contributed by atoms with Gasteiger partial charge in [0.2, 0.25) is 11.8 Å². The second-order valence-corrected chi connectivity index (χ2v) is 6.75. The predicted molar refractivity (Wildman–Crippen MR) is 85.3 cm³/mol. The van der Waals surface area contributed by atoms with Crippen LogP contribution in [0.4, 0.5) is 0 Å². The molecule has 2 rings (SSSR count). The van der Waals surface area contributed by atoms with Crippen LogP contribution in [0, 0.1) is 0 Å². The molecule has 0 saturated carbocycles. The van der Waals surface area contributed by atoms with E-state index in [-0.39, 0.29) is 17.9 Å². The van der Waals surface area contributed by atoms with Crippen molar-refractivity contribution >= 4 is 23.2 Å². The normalized spacial score (nSPS) is 20.0. The third kappa shape index (κ3) is 3.28. The van der Waals surface area contributed by atoms with Crippen LogP contribution < -0.4 is 5.32 Å². The van der Waals surface area contributed by atoms with Crippen molar-refractivity contribution in [3.05, 3.63) is 22.4 Å². The molecule has 4 nitrogen and oxygen atoms in total. The van der Waals surface area contributed by atoms with E-state index in [9.17, 15) is 9.59 Å². The Balaban J connectivity index is 2.20. The van der Waals surface area contributed by atoms with Crippen molar-refractivity contribution in [1.29, 1.82) is 0 Å². The number of nitrogens with one attached hydrogen (secondary N) is 1. The Labute approximate surface area is 130 Å². The van der Waals surface area contributed by atoms with Gasteiger partial charge >= 0.3 is 0 Å². The summed E-state index contributed by atoms with van der Waals surface area (Å²) in [5, 5.41) is 5.01. The fourth-order valence-corrected chi connectivity index (χ4v) is 3.79. The number of hydrogen-bond acceptors (Lipinski definition) is 3. The van der Waals surface area contributed by atoms with E-state index in [1.807, 2.05) is 24.8 Å². The zero-order valence-corrected chi connectivity index (χ0v) is 13.8. The molecule has 1 aromatic rings. The minimum absolute atomic E-state index is 0.0159. The summed E-state index contributed by atoms with van der Waals surface area (Å²) in [7, 11) is 0. The van der Waals surface area contributed by atoms with Crippen molar-refractivity contribution < 1.29 is 9.59 Å². The van der Waals surface area contributed by atoms with E-state index in [4.69, 9.17) is 0 Å². The van der Waals surface area contributed by atoms with E-state index >= 15 is 0 Å². The Bertz CT molecular complexity index is 494. The van der Waals surface area contributed by atoms with E-state index in [0.717, 1.165) is 6.42 Å². The molecule has 1 unspecified atom stereocenters. The lowest BCUT2D eigenvalue weighted by Gasteiger charge is -2.36. The highest BCUT2D eigenvalue weighted by Crippen LogP contribution is 2.25. The topological polar surface area (TPSA) is 49.4 Å². The second kappa shape index (κ2) is 6.60. The summed E-state index contributed by atoms with van der Waals surface area (Å²) in [6, 6.07) is 4.24. The third-order valence-corrected chi connectivity index (χ3v) is 5.34. The maximum Gasteiger partial charge on any atom is 0.248 e. The van der Waals surface area contributed by atoms with E-state index in [1.54, 1.807) is 11.3 Å². The van der Waals surface area contributed by atoms with E-state index in [0.29, 0.717) is 25.8 Å². The number of carbonyl (C=O) groups is 2. The molecule has 0 spiro atoms. The molecule has 2 amide bonds. The van der Waals surface area contributed by atoms with Gasteiger partial charge in [-0.2, -0.15) is 0 Å². The molecule has 0 radical (unpaired) electrons. The van der Waals surface area contributed by atoms with Crippen LogP contribution in [0.2, 0.25) is 0 Å². The molecular formula is C16H24N2O2S. The average Bonchev–Trinajstić information content (AvgIpc) is 2.93. The molecule has 1 aliphatic heterocycles. The first kappa shape index (κ1) is 16.0. The average molecular weight is 308 g/mol. The first-order valence-corrected chi connectivity index (χ1v) is 8.55. The SMILES string of the molecule is CCC1(CC)NC(=O)CCN(C(C)Cc2cccs2)C1=O. The monoisotopic (exact) mass is 308 g/mol. The lowest BCUT2D eigenvalue weighted by atomic mass is 9.90. The van der Waals surface area contributed by atoms with Crippen LogP contribution in [0.25, 0.3) is 0 Å². The van der Waals surface area contributed by atoms with Crippen LogP contribution in [0.5, 0.6) is 0 Å². The fourth-order valence-electron chi connectivity index (χ4n) is 2.96. The highest BCUT2D eigenvalue weighted by Gasteiger charge is 2.42. The highest BCUT2D eigenvalue weighted by molar-refractivity contribution is 7.09. The maximum atomic E-state index is 13.0. The quantitative estimate of drug-likeness (QED) is 0.909. The van der Waals surface area contributed by atoms with E-state index in [2.05, 4.69) is 23.7 Å². The molecule has 1 aromatic heterocycles. The van der Waals surface area contributed by atoms with Crippen molar-refractivity contribution in [3.8, 4) is 0 Å². The minimum atomic E-state index is -0.725. The number of thiophene rings is 1. The molecule has 1 aliphatic rings. The Morgan fingerprint density at radius 3 is 2.67 bits per heavy atom. The molecule has 1 fully saturated rings. The summed E-state index contributed by atoms with van der Waals surface area (Å²) in [4.78, 5) is 28.1. The summed E-state index contributed by atoms with van der Waals surface area (Å²) < 4.78 is 0. The van der Waals surface area contributed by atoms with Crippen molar-refractivity contribution in [3.63, 3.8) is 0 Å². The van der Waals surface area contributed by atoms with Gasteiger partial charge in [0.1, 0.15) is 5.54 Å². The summed E-state index contributed by atoms with van der Waals surface area (Å²) in [5.41, 5.74) is -0.725. The number of amides is 2. The lowest BCUT2D eigenvalue weighted by molar-refractivity contribution is -0.141. The molecule has 21 heavy (non-hydrogen) atoms. The van der Waals surface area contributed by atoms with Gasteiger partial charge in [0.25, 0.3) is 0 Å². The van der Waals surface area contributed by atoms with Crippen molar-refractivity contribution in [2.75, 3.05) is 6.54 Å². The molecule has 1 N–H and O–H groups in total. The van der Waals surface area contributed by atoms with Crippen LogP contribution in [0.1, 0.15) is 44.9 Å². The number of nitrogens with zero attached hydrogens (tertiary/aromatic N) is 1. The molecule has 1 atom stereocenters. The molecule has 2 heterocycles. The first-order chi connectivity index (χ1) is 10.0. The van der Waals surface area contributed by atoms with Gasteiger partial charge in [0.05, 0.1) is 0 Å². The molecule has 0 aromatic carbocycles. The Morgan fingerprint density at radius 1 is 1.38 bits per heavy atom. The van der Waals surface area contributed by atoms with Crippen molar-refractivity contribution in [2.45, 2.75) is 58.0 Å². The largest absolute Gasteiger partial charge is 0.342 e. The summed E-state index contributed by atoms with van der Waals surface area (Å²) in [5.74, 6) is 0.0558. The fraction of sp³-hybridized carbons (Fsp3) is 0.625. The number of carbonyl (C=O) groups excluding carboxylic acids is 2.